The summed E-state index contributed by atoms with van der Waals surface area (Å²) in [6, 6.07) is 9.81. The maximum Gasteiger partial charge on any atom is 0.321 e. The molecule has 0 bridgehead atoms. The van der Waals surface area contributed by atoms with Crippen LogP contribution in [0.2, 0.25) is 0 Å². The molecule has 3 amide bonds. The van der Waals surface area contributed by atoms with Crippen molar-refractivity contribution in [3.05, 3.63) is 42.0 Å². The lowest BCUT2D eigenvalue weighted by molar-refractivity contribution is -0.121. The van der Waals surface area contributed by atoms with E-state index in [-0.39, 0.29) is 18.0 Å². The number of carbonyl (C=O) groups is 2. The van der Waals surface area contributed by atoms with E-state index in [1.54, 1.807) is 0 Å². The smallest absolute Gasteiger partial charge is 0.321 e. The summed E-state index contributed by atoms with van der Waals surface area (Å²) in [6.07, 6.45) is 4.31. The van der Waals surface area contributed by atoms with E-state index < -0.39 is 6.03 Å². The van der Waals surface area contributed by atoms with Crippen LogP contribution in [0.3, 0.4) is 0 Å². The van der Waals surface area contributed by atoms with Gasteiger partial charge in [-0.15, -0.1) is 0 Å². The van der Waals surface area contributed by atoms with E-state index in [1.165, 1.54) is 5.56 Å². The average molecular weight is 358 g/mol. The topological polar surface area (TPSA) is 64.7 Å². The Morgan fingerprint density at radius 1 is 1.04 bits per heavy atom. The van der Waals surface area contributed by atoms with Gasteiger partial charge in [0.2, 0.25) is 5.91 Å². The number of piperazine rings is 1. The van der Waals surface area contributed by atoms with Crippen LogP contribution in [-0.2, 0) is 4.79 Å². The van der Waals surface area contributed by atoms with Crippen LogP contribution in [0.4, 0.5) is 4.79 Å². The molecule has 1 aliphatic rings. The number of nitrogens with zero attached hydrogens (tertiary/aromatic N) is 2. The zero-order valence-electron chi connectivity index (χ0n) is 16.0. The van der Waals surface area contributed by atoms with E-state index in [2.05, 4.69) is 44.7 Å². The van der Waals surface area contributed by atoms with Gasteiger partial charge in [0, 0.05) is 38.3 Å². The molecule has 1 aliphatic heterocycles. The second-order valence-corrected chi connectivity index (χ2v) is 7.64. The molecular formula is C20H30N4O2. The van der Waals surface area contributed by atoms with Crippen LogP contribution in [0.5, 0.6) is 0 Å². The Bertz CT molecular complexity index is 614. The summed E-state index contributed by atoms with van der Waals surface area (Å²) in [5.74, 6) is -0.260. The summed E-state index contributed by atoms with van der Waals surface area (Å²) in [4.78, 5) is 28.1. The molecule has 0 atom stereocenters. The van der Waals surface area contributed by atoms with Gasteiger partial charge in [-0.05, 0) is 26.3 Å². The largest absolute Gasteiger partial charge is 0.333 e. The fourth-order valence-electron chi connectivity index (χ4n) is 2.77. The van der Waals surface area contributed by atoms with Crippen LogP contribution >= 0.6 is 0 Å². The summed E-state index contributed by atoms with van der Waals surface area (Å²) < 4.78 is 0. The summed E-state index contributed by atoms with van der Waals surface area (Å²) >= 11 is 0. The fourth-order valence-corrected chi connectivity index (χ4v) is 2.77. The molecule has 0 aromatic heterocycles. The molecule has 1 heterocycles. The van der Waals surface area contributed by atoms with Crippen LogP contribution in [0, 0.1) is 0 Å². The van der Waals surface area contributed by atoms with Gasteiger partial charge in [0.15, 0.2) is 0 Å². The molecule has 2 rings (SSSR count). The van der Waals surface area contributed by atoms with Gasteiger partial charge in [0.05, 0.1) is 6.54 Å². The summed E-state index contributed by atoms with van der Waals surface area (Å²) in [5.41, 5.74) is 0.847. The summed E-state index contributed by atoms with van der Waals surface area (Å²) in [7, 11) is 0. The van der Waals surface area contributed by atoms with Crippen molar-refractivity contribution in [1.82, 2.24) is 20.4 Å². The van der Waals surface area contributed by atoms with E-state index in [0.717, 1.165) is 32.7 Å². The Morgan fingerprint density at radius 3 is 2.27 bits per heavy atom. The van der Waals surface area contributed by atoms with Crippen LogP contribution < -0.4 is 10.6 Å². The number of hydrogen-bond acceptors (Lipinski definition) is 4. The number of rotatable bonds is 5. The third kappa shape index (κ3) is 7.80. The van der Waals surface area contributed by atoms with Gasteiger partial charge in [0.25, 0.3) is 0 Å². The highest BCUT2D eigenvalue weighted by Gasteiger charge is 2.20. The first-order valence-corrected chi connectivity index (χ1v) is 9.10. The van der Waals surface area contributed by atoms with Crippen LogP contribution in [0.15, 0.2) is 36.4 Å². The summed E-state index contributed by atoms with van der Waals surface area (Å²) in [6.45, 7) is 10.3. The third-order valence-corrected chi connectivity index (χ3v) is 4.05. The minimum absolute atomic E-state index is 0.255. The second kappa shape index (κ2) is 9.50. The van der Waals surface area contributed by atoms with Gasteiger partial charge < -0.3 is 5.32 Å². The number of urea groups is 1. The number of benzene rings is 1. The van der Waals surface area contributed by atoms with E-state index in [0.29, 0.717) is 0 Å². The van der Waals surface area contributed by atoms with Gasteiger partial charge in [0.1, 0.15) is 0 Å². The van der Waals surface area contributed by atoms with Crippen molar-refractivity contribution in [2.75, 3.05) is 39.3 Å². The first-order valence-electron chi connectivity index (χ1n) is 9.10. The van der Waals surface area contributed by atoms with Crippen LogP contribution in [0.1, 0.15) is 26.3 Å². The molecule has 0 spiro atoms. The lowest BCUT2D eigenvalue weighted by Gasteiger charge is -2.33. The SMILES string of the molecule is CC(C)(C)NC(=O)NC(=O)CN1CCN(C/C=C/c2ccccc2)CC1. The summed E-state index contributed by atoms with van der Waals surface area (Å²) in [5, 5.41) is 5.12. The van der Waals surface area contributed by atoms with Gasteiger partial charge in [-0.25, -0.2) is 4.79 Å². The van der Waals surface area contributed by atoms with Crippen molar-refractivity contribution in [3.63, 3.8) is 0 Å². The predicted molar refractivity (Wildman–Crippen MR) is 105 cm³/mol. The Balaban J connectivity index is 1.66. The van der Waals surface area contributed by atoms with Gasteiger partial charge in [-0.3, -0.25) is 19.9 Å². The second-order valence-electron chi connectivity index (χ2n) is 7.64. The van der Waals surface area contributed by atoms with Crippen LogP contribution in [-0.4, -0.2) is 66.5 Å². The molecule has 6 heteroatoms. The molecule has 0 radical (unpaired) electrons. The zero-order valence-corrected chi connectivity index (χ0v) is 16.0. The highest BCUT2D eigenvalue weighted by atomic mass is 16.2. The maximum absolute atomic E-state index is 12.0. The standard InChI is InChI=1S/C20H30N4O2/c1-20(2,3)22-19(26)21-18(25)16-24-14-12-23(13-15-24)11-7-10-17-8-5-4-6-9-17/h4-10H,11-16H2,1-3H3,(H2,21,22,25,26)/b10-7+. The van der Waals surface area contributed by atoms with Gasteiger partial charge in [-0.2, -0.15) is 0 Å². The molecule has 0 aliphatic carbocycles. The van der Waals surface area contributed by atoms with Gasteiger partial charge >= 0.3 is 6.03 Å². The molecule has 1 aromatic rings. The molecule has 1 aromatic carbocycles. The number of carbonyl (C=O) groups excluding carboxylic acids is 2. The average Bonchev–Trinajstić information content (AvgIpc) is 2.55. The number of nitrogens with one attached hydrogen (secondary N) is 2. The fraction of sp³-hybridized carbons (Fsp3) is 0.500. The minimum atomic E-state index is -0.438. The first-order chi connectivity index (χ1) is 12.3. The number of amides is 3. The predicted octanol–water partition coefficient (Wildman–Crippen LogP) is 1.94. The van der Waals surface area contributed by atoms with E-state index in [4.69, 9.17) is 0 Å². The molecule has 26 heavy (non-hydrogen) atoms. The van der Waals surface area contributed by atoms with Crippen LogP contribution in [0.25, 0.3) is 6.08 Å². The highest BCUT2D eigenvalue weighted by molar-refractivity contribution is 5.95. The van der Waals surface area contributed by atoms with Gasteiger partial charge in [-0.1, -0.05) is 42.5 Å². The van der Waals surface area contributed by atoms with E-state index in [1.807, 2.05) is 39.0 Å². The van der Waals surface area contributed by atoms with Crippen molar-refractivity contribution in [1.29, 1.82) is 0 Å². The van der Waals surface area contributed by atoms with Crippen molar-refractivity contribution >= 4 is 18.0 Å². The molecule has 1 saturated heterocycles. The number of hydrogen-bond donors (Lipinski definition) is 2. The van der Waals surface area contributed by atoms with Crippen molar-refractivity contribution in [2.45, 2.75) is 26.3 Å². The zero-order chi connectivity index (χ0) is 19.0. The lowest BCUT2D eigenvalue weighted by Crippen LogP contribution is -2.53. The highest BCUT2D eigenvalue weighted by Crippen LogP contribution is 2.04. The molecule has 0 unspecified atom stereocenters. The van der Waals surface area contributed by atoms with Crippen molar-refractivity contribution < 1.29 is 9.59 Å². The lowest BCUT2D eigenvalue weighted by atomic mass is 10.1. The monoisotopic (exact) mass is 358 g/mol. The molecule has 0 saturated carbocycles. The van der Waals surface area contributed by atoms with Crippen molar-refractivity contribution in [3.8, 4) is 0 Å². The molecular weight excluding hydrogens is 328 g/mol. The number of imide groups is 1. The quantitative estimate of drug-likeness (QED) is 0.844. The Kier molecular flexibility index (Phi) is 7.36. The normalized spacial score (nSPS) is 16.6. The Morgan fingerprint density at radius 2 is 1.65 bits per heavy atom. The van der Waals surface area contributed by atoms with E-state index >= 15 is 0 Å². The molecule has 6 nitrogen and oxygen atoms in total. The maximum atomic E-state index is 12.0. The first kappa shape index (κ1) is 20.1. The molecule has 142 valence electrons. The van der Waals surface area contributed by atoms with E-state index in [9.17, 15) is 9.59 Å². The third-order valence-electron chi connectivity index (χ3n) is 4.05. The Labute approximate surface area is 156 Å². The molecule has 2 N–H and O–H groups in total. The van der Waals surface area contributed by atoms with Crippen molar-refractivity contribution in [2.24, 2.45) is 0 Å². The minimum Gasteiger partial charge on any atom is -0.333 e. The molecule has 1 fully saturated rings. The Hall–Kier alpha value is -2.18.